The minimum atomic E-state index is -0.407. The summed E-state index contributed by atoms with van der Waals surface area (Å²) >= 11 is 1.41. The summed E-state index contributed by atoms with van der Waals surface area (Å²) in [5.41, 5.74) is 2.43. The molecular formula is C18H22N2O3S. The first-order valence-electron chi connectivity index (χ1n) is 7.93. The Bertz CT molecular complexity index is 725. The van der Waals surface area contributed by atoms with Gasteiger partial charge in [-0.1, -0.05) is 19.1 Å². The second-order valence-corrected chi connectivity index (χ2v) is 6.44. The van der Waals surface area contributed by atoms with Crippen molar-refractivity contribution >= 4 is 33.9 Å². The highest BCUT2D eigenvalue weighted by molar-refractivity contribution is 7.16. The van der Waals surface area contributed by atoms with Gasteiger partial charge in [0.1, 0.15) is 5.00 Å². The van der Waals surface area contributed by atoms with Gasteiger partial charge in [0, 0.05) is 10.6 Å². The third kappa shape index (κ3) is 4.83. The van der Waals surface area contributed by atoms with E-state index in [1.54, 1.807) is 13.0 Å². The molecule has 1 aromatic carbocycles. The van der Waals surface area contributed by atoms with E-state index in [0.717, 1.165) is 22.5 Å². The highest BCUT2D eigenvalue weighted by Gasteiger charge is 2.18. The molecule has 0 saturated carbocycles. The maximum absolute atomic E-state index is 12.2. The monoisotopic (exact) mass is 346 g/mol. The number of esters is 1. The van der Waals surface area contributed by atoms with Crippen LogP contribution in [0.15, 0.2) is 30.3 Å². The zero-order valence-corrected chi connectivity index (χ0v) is 15.0. The molecule has 1 heterocycles. The highest BCUT2D eigenvalue weighted by Crippen LogP contribution is 2.29. The van der Waals surface area contributed by atoms with Gasteiger partial charge >= 0.3 is 5.97 Å². The molecule has 0 saturated heterocycles. The molecule has 0 fully saturated rings. The first kappa shape index (κ1) is 18.0. The number of benzene rings is 1. The molecule has 2 aromatic rings. The highest BCUT2D eigenvalue weighted by atomic mass is 32.1. The molecule has 0 aliphatic carbocycles. The molecule has 0 radical (unpaired) electrons. The Balaban J connectivity index is 2.02. The molecule has 1 amide bonds. The summed E-state index contributed by atoms with van der Waals surface area (Å²) in [6.07, 6.45) is 0.800. The Morgan fingerprint density at radius 2 is 2.00 bits per heavy atom. The van der Waals surface area contributed by atoms with Crippen LogP contribution in [0.1, 0.15) is 34.6 Å². The molecule has 0 aliphatic heterocycles. The van der Waals surface area contributed by atoms with Gasteiger partial charge in [0.25, 0.3) is 0 Å². The number of ether oxygens (including phenoxy) is 1. The van der Waals surface area contributed by atoms with Gasteiger partial charge in [0.15, 0.2) is 0 Å². The minimum absolute atomic E-state index is 0.130. The lowest BCUT2D eigenvalue weighted by Gasteiger charge is -2.08. The van der Waals surface area contributed by atoms with Crippen LogP contribution in [-0.4, -0.2) is 25.0 Å². The summed E-state index contributed by atoms with van der Waals surface area (Å²) < 4.78 is 5.05. The van der Waals surface area contributed by atoms with Gasteiger partial charge in [-0.15, -0.1) is 11.3 Å². The van der Waals surface area contributed by atoms with Crippen LogP contribution in [0.3, 0.4) is 0 Å². The number of rotatable bonds is 7. The van der Waals surface area contributed by atoms with E-state index < -0.39 is 5.97 Å². The largest absolute Gasteiger partial charge is 0.462 e. The predicted octanol–water partition coefficient (Wildman–Crippen LogP) is 3.85. The van der Waals surface area contributed by atoms with E-state index in [1.807, 2.05) is 38.1 Å². The number of carbonyl (C=O) groups excluding carboxylic acids is 2. The van der Waals surface area contributed by atoms with Gasteiger partial charge in [0.05, 0.1) is 18.7 Å². The van der Waals surface area contributed by atoms with Crippen LogP contribution in [0.25, 0.3) is 0 Å². The Morgan fingerprint density at radius 1 is 1.21 bits per heavy atom. The van der Waals surface area contributed by atoms with Crippen molar-refractivity contribution in [3.63, 3.8) is 0 Å². The molecular weight excluding hydrogens is 324 g/mol. The Labute approximate surface area is 146 Å². The predicted molar refractivity (Wildman–Crippen MR) is 98.0 cm³/mol. The number of amides is 1. The van der Waals surface area contributed by atoms with Gasteiger partial charge < -0.3 is 15.4 Å². The average molecular weight is 346 g/mol. The maximum atomic E-state index is 12.2. The Hall–Kier alpha value is -2.34. The minimum Gasteiger partial charge on any atom is -0.462 e. The quantitative estimate of drug-likeness (QED) is 0.747. The maximum Gasteiger partial charge on any atom is 0.341 e. The van der Waals surface area contributed by atoms with Crippen molar-refractivity contribution in [1.82, 2.24) is 0 Å². The average Bonchev–Trinajstić information content (AvgIpc) is 2.96. The summed E-state index contributed by atoms with van der Waals surface area (Å²) in [5.74, 6) is -0.609. The van der Waals surface area contributed by atoms with Crippen molar-refractivity contribution in [3.05, 3.63) is 46.3 Å². The molecule has 5 nitrogen and oxygen atoms in total. The van der Waals surface area contributed by atoms with E-state index in [1.165, 1.54) is 11.3 Å². The van der Waals surface area contributed by atoms with E-state index in [2.05, 4.69) is 10.6 Å². The number of hydrogen-bond acceptors (Lipinski definition) is 5. The number of nitrogens with one attached hydrogen (secondary N) is 2. The van der Waals surface area contributed by atoms with E-state index in [0.29, 0.717) is 17.2 Å². The molecule has 1 aromatic heterocycles. The van der Waals surface area contributed by atoms with Crippen molar-refractivity contribution in [2.75, 3.05) is 23.8 Å². The van der Waals surface area contributed by atoms with Crippen molar-refractivity contribution in [2.24, 2.45) is 0 Å². The van der Waals surface area contributed by atoms with Gasteiger partial charge in [-0.05, 0) is 44.0 Å². The van der Waals surface area contributed by atoms with Gasteiger partial charge in [-0.25, -0.2) is 4.79 Å². The number of anilines is 2. The molecule has 2 N–H and O–H groups in total. The summed E-state index contributed by atoms with van der Waals surface area (Å²) in [5, 5.41) is 6.43. The molecule has 0 unspecified atom stereocenters. The van der Waals surface area contributed by atoms with Crippen LogP contribution in [0.4, 0.5) is 10.7 Å². The van der Waals surface area contributed by atoms with E-state index in [-0.39, 0.29) is 12.5 Å². The summed E-state index contributed by atoms with van der Waals surface area (Å²) in [6, 6.07) is 9.59. The second kappa shape index (κ2) is 8.49. The molecule has 24 heavy (non-hydrogen) atoms. The van der Waals surface area contributed by atoms with Crippen molar-refractivity contribution in [2.45, 2.75) is 27.2 Å². The lowest BCUT2D eigenvalue weighted by molar-refractivity contribution is -0.114. The van der Waals surface area contributed by atoms with Crippen LogP contribution in [0.2, 0.25) is 0 Å². The number of thiophene rings is 1. The van der Waals surface area contributed by atoms with Crippen LogP contribution in [0.5, 0.6) is 0 Å². The SMILES string of the molecule is CCOC(=O)c1cc(CC)sc1NC(=O)CNc1cccc(C)c1. The second-order valence-electron chi connectivity index (χ2n) is 5.30. The van der Waals surface area contributed by atoms with Crippen LogP contribution >= 0.6 is 11.3 Å². The smallest absolute Gasteiger partial charge is 0.341 e. The van der Waals surface area contributed by atoms with Crippen LogP contribution in [-0.2, 0) is 16.0 Å². The first-order valence-corrected chi connectivity index (χ1v) is 8.75. The number of hydrogen-bond donors (Lipinski definition) is 2. The lowest BCUT2D eigenvalue weighted by Crippen LogP contribution is -2.22. The summed E-state index contributed by atoms with van der Waals surface area (Å²) in [7, 11) is 0. The fraction of sp³-hybridized carbons (Fsp3) is 0.333. The third-order valence-electron chi connectivity index (χ3n) is 3.35. The van der Waals surface area contributed by atoms with Crippen LogP contribution < -0.4 is 10.6 Å². The van der Waals surface area contributed by atoms with Crippen molar-refractivity contribution in [1.29, 1.82) is 0 Å². The van der Waals surface area contributed by atoms with Crippen LogP contribution in [0, 0.1) is 6.92 Å². The molecule has 2 rings (SSSR count). The molecule has 0 spiro atoms. The zero-order chi connectivity index (χ0) is 17.5. The standard InChI is InChI=1S/C18H22N2O3S/c1-4-14-10-15(18(22)23-5-2)17(24-14)20-16(21)11-19-13-8-6-7-12(3)9-13/h6-10,19H,4-5,11H2,1-3H3,(H,20,21). The fourth-order valence-corrected chi connectivity index (χ4v) is 3.18. The van der Waals surface area contributed by atoms with Gasteiger partial charge in [-0.2, -0.15) is 0 Å². The van der Waals surface area contributed by atoms with Gasteiger partial charge in [0.2, 0.25) is 5.91 Å². The topological polar surface area (TPSA) is 67.4 Å². The van der Waals surface area contributed by atoms with E-state index in [9.17, 15) is 9.59 Å². The zero-order valence-electron chi connectivity index (χ0n) is 14.1. The molecule has 0 atom stereocenters. The number of carbonyl (C=O) groups is 2. The molecule has 128 valence electrons. The Morgan fingerprint density at radius 3 is 2.67 bits per heavy atom. The van der Waals surface area contributed by atoms with Gasteiger partial charge in [-0.3, -0.25) is 4.79 Å². The summed E-state index contributed by atoms with van der Waals surface area (Å²) in [4.78, 5) is 25.2. The number of aryl methyl sites for hydroxylation is 2. The van der Waals surface area contributed by atoms with Crippen molar-refractivity contribution in [3.8, 4) is 0 Å². The fourth-order valence-electron chi connectivity index (χ4n) is 2.18. The first-order chi connectivity index (χ1) is 11.5. The lowest BCUT2D eigenvalue weighted by atomic mass is 10.2. The molecule has 0 aliphatic rings. The van der Waals surface area contributed by atoms with E-state index in [4.69, 9.17) is 4.74 Å². The summed E-state index contributed by atoms with van der Waals surface area (Å²) in [6.45, 7) is 6.19. The molecule has 6 heteroatoms. The third-order valence-corrected chi connectivity index (χ3v) is 4.55. The molecule has 0 bridgehead atoms. The van der Waals surface area contributed by atoms with Crippen molar-refractivity contribution < 1.29 is 14.3 Å². The normalized spacial score (nSPS) is 10.3. The Kier molecular flexibility index (Phi) is 6.37. The van der Waals surface area contributed by atoms with E-state index >= 15 is 0 Å².